The molecule has 0 N–H and O–H groups in total. The number of hydrogen-bond acceptors (Lipinski definition) is 0. The monoisotopic (exact) mass is 206 g/mol. The van der Waals surface area contributed by atoms with Crippen LogP contribution < -0.4 is 0 Å². The number of hydrogen-bond donors (Lipinski definition) is 0. The van der Waals surface area contributed by atoms with Gasteiger partial charge in [0.05, 0.1) is 5.57 Å². The number of alkyl halides is 3. The van der Waals surface area contributed by atoms with Crippen molar-refractivity contribution in [1.82, 2.24) is 0 Å². The second-order valence-electron chi connectivity index (χ2n) is 3.57. The van der Waals surface area contributed by atoms with Crippen LogP contribution in [0.1, 0.15) is 27.2 Å². The first-order chi connectivity index (χ1) is 6.32. The zero-order valence-corrected chi connectivity index (χ0v) is 8.86. The second-order valence-corrected chi connectivity index (χ2v) is 3.57. The average molecular weight is 206 g/mol. The lowest BCUT2D eigenvalue weighted by Gasteiger charge is -2.16. The molecule has 0 rings (SSSR count). The first-order valence-electron chi connectivity index (χ1n) is 4.74. The lowest BCUT2D eigenvalue weighted by atomic mass is 9.91. The predicted molar refractivity (Wildman–Crippen MR) is 53.0 cm³/mol. The third-order valence-corrected chi connectivity index (χ3v) is 2.53. The summed E-state index contributed by atoms with van der Waals surface area (Å²) in [6.07, 6.45) is -1.27. The lowest BCUT2D eigenvalue weighted by molar-refractivity contribution is -0.0887. The van der Waals surface area contributed by atoms with Crippen molar-refractivity contribution >= 4 is 0 Å². The fourth-order valence-electron chi connectivity index (χ4n) is 1.10. The van der Waals surface area contributed by atoms with E-state index in [1.165, 1.54) is 6.08 Å². The van der Waals surface area contributed by atoms with Crippen LogP contribution in [0.2, 0.25) is 0 Å². The minimum Gasteiger partial charge on any atom is -0.166 e. The summed E-state index contributed by atoms with van der Waals surface area (Å²) in [5, 5.41) is 0. The molecule has 82 valence electrons. The summed E-state index contributed by atoms with van der Waals surface area (Å²) < 4.78 is 36.9. The largest absolute Gasteiger partial charge is 0.416 e. The first-order valence-corrected chi connectivity index (χ1v) is 4.74. The fraction of sp³-hybridized carbons (Fsp3) is 0.636. The molecule has 0 nitrogen and oxygen atoms in total. The van der Waals surface area contributed by atoms with Crippen LogP contribution in [0.4, 0.5) is 13.2 Å². The maximum absolute atomic E-state index is 12.3. The molecule has 0 aliphatic rings. The molecule has 0 bridgehead atoms. The maximum atomic E-state index is 12.3. The Morgan fingerprint density at radius 2 is 1.86 bits per heavy atom. The molecule has 0 spiro atoms. The molecule has 0 aromatic rings. The molecule has 2 unspecified atom stereocenters. The molecule has 0 saturated carbocycles. The van der Waals surface area contributed by atoms with Gasteiger partial charge in [-0.3, -0.25) is 0 Å². The van der Waals surface area contributed by atoms with Crippen LogP contribution in [0.15, 0.2) is 24.3 Å². The Labute approximate surface area is 83.5 Å². The summed E-state index contributed by atoms with van der Waals surface area (Å²) >= 11 is 0. The third-order valence-electron chi connectivity index (χ3n) is 2.53. The Balaban J connectivity index is 4.68. The summed E-state index contributed by atoms with van der Waals surface area (Å²) in [5.74, 6) is 0.182. The predicted octanol–water partition coefficient (Wildman–Crippen LogP) is 4.34. The van der Waals surface area contributed by atoms with Crippen molar-refractivity contribution in [1.29, 1.82) is 0 Å². The quantitative estimate of drug-likeness (QED) is 0.600. The Morgan fingerprint density at radius 3 is 2.14 bits per heavy atom. The van der Waals surface area contributed by atoms with E-state index >= 15 is 0 Å². The summed E-state index contributed by atoms with van der Waals surface area (Å²) in [6.45, 7) is 8.88. The van der Waals surface area contributed by atoms with Gasteiger partial charge in [0.1, 0.15) is 0 Å². The highest BCUT2D eigenvalue weighted by atomic mass is 19.4. The van der Waals surface area contributed by atoms with E-state index in [4.69, 9.17) is 0 Å². The second kappa shape index (κ2) is 5.23. The van der Waals surface area contributed by atoms with E-state index in [2.05, 4.69) is 6.58 Å². The molecule has 0 aliphatic heterocycles. The Kier molecular flexibility index (Phi) is 4.95. The van der Waals surface area contributed by atoms with Crippen LogP contribution in [-0.4, -0.2) is 6.18 Å². The Bertz CT molecular complexity index is 213. The molecule has 0 aliphatic carbocycles. The highest BCUT2D eigenvalue weighted by Crippen LogP contribution is 2.29. The normalized spacial score (nSPS) is 17.7. The number of halogens is 3. The van der Waals surface area contributed by atoms with E-state index in [0.29, 0.717) is 0 Å². The summed E-state index contributed by atoms with van der Waals surface area (Å²) in [5.41, 5.74) is -0.634. The van der Waals surface area contributed by atoms with Gasteiger partial charge < -0.3 is 0 Å². The standard InChI is InChI=1S/C11H17F3/c1-5-8(3)9(4)7-10(6-2)11(12,13)14/h6-9H,2,5H2,1,3-4H3/b10-7+. The van der Waals surface area contributed by atoms with Crippen LogP contribution >= 0.6 is 0 Å². The molecule has 0 radical (unpaired) electrons. The highest BCUT2D eigenvalue weighted by Gasteiger charge is 2.31. The zero-order chi connectivity index (χ0) is 11.4. The van der Waals surface area contributed by atoms with Crippen molar-refractivity contribution in [3.8, 4) is 0 Å². The lowest BCUT2D eigenvalue weighted by Crippen LogP contribution is -2.13. The van der Waals surface area contributed by atoms with Crippen molar-refractivity contribution in [3.63, 3.8) is 0 Å². The SMILES string of the molecule is C=C/C(=C\C(C)C(C)CC)C(F)(F)F. The molecular formula is C11H17F3. The van der Waals surface area contributed by atoms with Crippen molar-refractivity contribution in [2.45, 2.75) is 33.4 Å². The van der Waals surface area contributed by atoms with Crippen molar-refractivity contribution in [3.05, 3.63) is 24.3 Å². The van der Waals surface area contributed by atoms with Gasteiger partial charge in [0.15, 0.2) is 0 Å². The molecule has 3 heteroatoms. The fourth-order valence-corrected chi connectivity index (χ4v) is 1.10. The topological polar surface area (TPSA) is 0 Å². The van der Waals surface area contributed by atoms with Crippen molar-refractivity contribution < 1.29 is 13.2 Å². The molecule has 0 saturated heterocycles. The molecule has 14 heavy (non-hydrogen) atoms. The van der Waals surface area contributed by atoms with Crippen molar-refractivity contribution in [2.24, 2.45) is 11.8 Å². The zero-order valence-electron chi connectivity index (χ0n) is 8.86. The molecular weight excluding hydrogens is 189 g/mol. The average Bonchev–Trinajstić information content (AvgIpc) is 2.10. The molecule has 0 aromatic carbocycles. The smallest absolute Gasteiger partial charge is 0.166 e. The maximum Gasteiger partial charge on any atom is 0.416 e. The Hall–Kier alpha value is -0.730. The van der Waals surface area contributed by atoms with Gasteiger partial charge in [-0.25, -0.2) is 0 Å². The van der Waals surface area contributed by atoms with Gasteiger partial charge in [-0.05, 0) is 11.8 Å². The van der Waals surface area contributed by atoms with Crippen LogP contribution in [0.3, 0.4) is 0 Å². The van der Waals surface area contributed by atoms with Gasteiger partial charge in [0.2, 0.25) is 0 Å². The van der Waals surface area contributed by atoms with Crippen LogP contribution in [-0.2, 0) is 0 Å². The van der Waals surface area contributed by atoms with E-state index in [-0.39, 0.29) is 11.8 Å². The molecule has 0 heterocycles. The molecule has 2 atom stereocenters. The van der Waals surface area contributed by atoms with Gasteiger partial charge in [0, 0.05) is 0 Å². The number of rotatable bonds is 4. The van der Waals surface area contributed by atoms with E-state index in [1.54, 1.807) is 6.92 Å². The van der Waals surface area contributed by atoms with E-state index < -0.39 is 11.7 Å². The number of allylic oxidation sites excluding steroid dienone is 3. The molecule has 0 fully saturated rings. The van der Waals surface area contributed by atoms with Crippen LogP contribution in [0, 0.1) is 11.8 Å². The third kappa shape index (κ3) is 3.99. The van der Waals surface area contributed by atoms with E-state index in [9.17, 15) is 13.2 Å². The Morgan fingerprint density at radius 1 is 1.36 bits per heavy atom. The van der Waals surface area contributed by atoms with E-state index in [0.717, 1.165) is 12.5 Å². The van der Waals surface area contributed by atoms with E-state index in [1.807, 2.05) is 13.8 Å². The summed E-state index contributed by atoms with van der Waals surface area (Å²) in [7, 11) is 0. The van der Waals surface area contributed by atoms with Gasteiger partial charge >= 0.3 is 6.18 Å². The van der Waals surface area contributed by atoms with Crippen LogP contribution in [0.5, 0.6) is 0 Å². The van der Waals surface area contributed by atoms with Crippen molar-refractivity contribution in [2.75, 3.05) is 0 Å². The van der Waals surface area contributed by atoms with Gasteiger partial charge in [-0.1, -0.05) is 45.9 Å². The molecule has 0 amide bonds. The minimum atomic E-state index is -4.27. The summed E-state index contributed by atoms with van der Waals surface area (Å²) in [4.78, 5) is 0. The van der Waals surface area contributed by atoms with Gasteiger partial charge in [0.25, 0.3) is 0 Å². The van der Waals surface area contributed by atoms with Gasteiger partial charge in [-0.2, -0.15) is 13.2 Å². The van der Waals surface area contributed by atoms with Crippen LogP contribution in [0.25, 0.3) is 0 Å². The minimum absolute atomic E-state index is 0.0744. The highest BCUT2D eigenvalue weighted by molar-refractivity contribution is 5.22. The van der Waals surface area contributed by atoms with Gasteiger partial charge in [-0.15, -0.1) is 0 Å². The summed E-state index contributed by atoms with van der Waals surface area (Å²) in [6, 6.07) is 0. The first kappa shape index (κ1) is 13.3. The molecule has 0 aromatic heterocycles.